The number of hydrogen-bond donors (Lipinski definition) is 2. The molecular formula is C11H15FO3. The van der Waals surface area contributed by atoms with E-state index in [1.807, 2.05) is 0 Å². The van der Waals surface area contributed by atoms with Crippen molar-refractivity contribution in [3.8, 4) is 0 Å². The van der Waals surface area contributed by atoms with Crippen LogP contribution >= 0.6 is 0 Å². The zero-order chi connectivity index (χ0) is 10.8. The molecule has 3 nitrogen and oxygen atoms in total. The highest BCUT2D eigenvalue weighted by molar-refractivity contribution is 5.21. The zero-order valence-electron chi connectivity index (χ0n) is 8.40. The van der Waals surface area contributed by atoms with Crippen LogP contribution in [0, 0.1) is 5.92 Å². The van der Waals surface area contributed by atoms with Crippen LogP contribution in [0.4, 0.5) is 4.39 Å². The van der Waals surface area contributed by atoms with Crippen molar-refractivity contribution in [1.29, 1.82) is 0 Å². The first-order chi connectivity index (χ1) is 7.20. The first-order valence-corrected chi connectivity index (χ1v) is 5.22. The molecule has 0 aromatic carbocycles. The van der Waals surface area contributed by atoms with Gasteiger partial charge in [0.2, 0.25) is 0 Å². The minimum Gasteiger partial charge on any atom is -0.492 e. The molecule has 0 bridgehead atoms. The standard InChI is InChI=1S/C11H15FO3/c12-8-2-4-10-7(5-8)1-3-11(15-10)9(14)6-13/h2,4,7,9,11,13-14H,1,3,5-6H2. The molecule has 2 rings (SSSR count). The van der Waals surface area contributed by atoms with Crippen LogP contribution < -0.4 is 0 Å². The smallest absolute Gasteiger partial charge is 0.126 e. The number of fused-ring (bicyclic) bond motifs is 1. The third-order valence-corrected chi connectivity index (χ3v) is 2.98. The van der Waals surface area contributed by atoms with E-state index in [4.69, 9.17) is 9.84 Å². The molecule has 1 fully saturated rings. The van der Waals surface area contributed by atoms with E-state index in [2.05, 4.69) is 0 Å². The fourth-order valence-electron chi connectivity index (χ4n) is 2.08. The van der Waals surface area contributed by atoms with E-state index in [0.717, 1.165) is 12.2 Å². The maximum atomic E-state index is 12.9. The molecule has 15 heavy (non-hydrogen) atoms. The van der Waals surface area contributed by atoms with E-state index in [0.29, 0.717) is 12.8 Å². The summed E-state index contributed by atoms with van der Waals surface area (Å²) in [5.74, 6) is 0.728. The summed E-state index contributed by atoms with van der Waals surface area (Å²) in [6.07, 6.45) is 3.69. The van der Waals surface area contributed by atoms with Gasteiger partial charge in [0.15, 0.2) is 0 Å². The van der Waals surface area contributed by atoms with Gasteiger partial charge >= 0.3 is 0 Å². The summed E-state index contributed by atoms with van der Waals surface area (Å²) in [6.45, 7) is -0.299. The van der Waals surface area contributed by atoms with Gasteiger partial charge in [-0.3, -0.25) is 0 Å². The van der Waals surface area contributed by atoms with Gasteiger partial charge < -0.3 is 14.9 Å². The first kappa shape index (κ1) is 10.6. The predicted octanol–water partition coefficient (Wildman–Crippen LogP) is 1.28. The van der Waals surface area contributed by atoms with Gasteiger partial charge in [0.05, 0.1) is 6.61 Å². The minimum absolute atomic E-state index is 0.108. The van der Waals surface area contributed by atoms with Crippen molar-refractivity contribution in [3.63, 3.8) is 0 Å². The Morgan fingerprint density at radius 1 is 1.47 bits per heavy atom. The summed E-state index contributed by atoms with van der Waals surface area (Å²) in [6, 6.07) is 0. The quantitative estimate of drug-likeness (QED) is 0.728. The van der Waals surface area contributed by atoms with E-state index in [1.54, 1.807) is 6.08 Å². The van der Waals surface area contributed by atoms with Crippen molar-refractivity contribution in [2.45, 2.75) is 31.5 Å². The van der Waals surface area contributed by atoms with Crippen molar-refractivity contribution in [2.75, 3.05) is 6.61 Å². The van der Waals surface area contributed by atoms with Crippen LogP contribution in [-0.2, 0) is 4.74 Å². The fraction of sp³-hybridized carbons (Fsp3) is 0.636. The van der Waals surface area contributed by atoms with Crippen LogP contribution in [0.25, 0.3) is 0 Å². The highest BCUT2D eigenvalue weighted by Crippen LogP contribution is 2.36. The highest BCUT2D eigenvalue weighted by Gasteiger charge is 2.32. The van der Waals surface area contributed by atoms with Gasteiger partial charge in [-0.15, -0.1) is 0 Å². The first-order valence-electron chi connectivity index (χ1n) is 5.22. The molecule has 1 aliphatic carbocycles. The molecule has 0 radical (unpaired) electrons. The third-order valence-electron chi connectivity index (χ3n) is 2.98. The lowest BCUT2D eigenvalue weighted by Crippen LogP contribution is -2.36. The van der Waals surface area contributed by atoms with E-state index >= 15 is 0 Å². The Kier molecular flexibility index (Phi) is 3.07. The second-order valence-corrected chi connectivity index (χ2v) is 4.07. The summed E-state index contributed by atoms with van der Waals surface area (Å²) in [4.78, 5) is 0. The maximum Gasteiger partial charge on any atom is 0.126 e. The molecule has 1 aliphatic heterocycles. The van der Waals surface area contributed by atoms with Crippen LogP contribution in [0.2, 0.25) is 0 Å². The van der Waals surface area contributed by atoms with Gasteiger partial charge in [-0.1, -0.05) is 0 Å². The Morgan fingerprint density at radius 2 is 2.27 bits per heavy atom. The third kappa shape index (κ3) is 2.21. The zero-order valence-corrected chi connectivity index (χ0v) is 8.40. The molecule has 3 atom stereocenters. The molecule has 0 aromatic rings. The van der Waals surface area contributed by atoms with Gasteiger partial charge in [-0.2, -0.15) is 0 Å². The van der Waals surface area contributed by atoms with Gasteiger partial charge in [0.1, 0.15) is 23.8 Å². The molecular weight excluding hydrogens is 199 g/mol. The molecule has 0 aromatic heterocycles. The monoisotopic (exact) mass is 214 g/mol. The number of allylic oxidation sites excluding steroid dienone is 4. The molecule has 2 aliphatic rings. The Labute approximate surface area is 87.9 Å². The van der Waals surface area contributed by atoms with Gasteiger partial charge in [-0.25, -0.2) is 4.39 Å². The van der Waals surface area contributed by atoms with Gasteiger partial charge in [0.25, 0.3) is 0 Å². The summed E-state index contributed by atoms with van der Waals surface area (Å²) in [5, 5.41) is 18.2. The number of aliphatic hydroxyl groups is 2. The lowest BCUT2D eigenvalue weighted by molar-refractivity contribution is -0.0616. The van der Waals surface area contributed by atoms with Crippen LogP contribution in [0.5, 0.6) is 0 Å². The molecule has 0 amide bonds. The van der Waals surface area contributed by atoms with Crippen LogP contribution in [0.1, 0.15) is 19.3 Å². The summed E-state index contributed by atoms with van der Waals surface area (Å²) in [5.41, 5.74) is 0. The van der Waals surface area contributed by atoms with Gasteiger partial charge in [-0.05, 0) is 25.0 Å². The average Bonchev–Trinajstić information content (AvgIpc) is 2.27. The van der Waals surface area contributed by atoms with Crippen molar-refractivity contribution < 1.29 is 19.3 Å². The molecule has 4 heteroatoms. The normalized spacial score (nSPS) is 32.2. The number of aliphatic hydroxyl groups excluding tert-OH is 2. The van der Waals surface area contributed by atoms with Crippen LogP contribution in [-0.4, -0.2) is 29.0 Å². The van der Waals surface area contributed by atoms with Gasteiger partial charge in [0, 0.05) is 12.3 Å². The average molecular weight is 214 g/mol. The predicted molar refractivity (Wildman–Crippen MR) is 52.6 cm³/mol. The second-order valence-electron chi connectivity index (χ2n) is 4.07. The van der Waals surface area contributed by atoms with E-state index in [9.17, 15) is 9.50 Å². The number of hydrogen-bond acceptors (Lipinski definition) is 3. The van der Waals surface area contributed by atoms with Crippen molar-refractivity contribution in [3.05, 3.63) is 23.7 Å². The summed E-state index contributed by atoms with van der Waals surface area (Å²) >= 11 is 0. The van der Waals surface area contributed by atoms with Crippen molar-refractivity contribution >= 4 is 0 Å². The largest absolute Gasteiger partial charge is 0.492 e. The number of ether oxygens (including phenoxy) is 1. The Bertz CT molecular complexity index is 298. The lowest BCUT2D eigenvalue weighted by Gasteiger charge is -2.35. The Balaban J connectivity index is 2.04. The van der Waals surface area contributed by atoms with E-state index < -0.39 is 6.10 Å². The summed E-state index contributed by atoms with van der Waals surface area (Å²) < 4.78 is 18.5. The molecule has 2 N–H and O–H groups in total. The molecule has 84 valence electrons. The molecule has 0 saturated carbocycles. The van der Waals surface area contributed by atoms with Crippen molar-refractivity contribution in [1.82, 2.24) is 0 Å². The molecule has 3 unspecified atom stereocenters. The number of rotatable bonds is 2. The Hall–Kier alpha value is -0.870. The van der Waals surface area contributed by atoms with Crippen molar-refractivity contribution in [2.24, 2.45) is 5.92 Å². The molecule has 1 saturated heterocycles. The number of halogens is 1. The summed E-state index contributed by atoms with van der Waals surface area (Å²) in [7, 11) is 0. The highest BCUT2D eigenvalue weighted by atomic mass is 19.1. The maximum absolute atomic E-state index is 12.9. The van der Waals surface area contributed by atoms with E-state index in [-0.39, 0.29) is 24.5 Å². The lowest BCUT2D eigenvalue weighted by atomic mass is 9.88. The topological polar surface area (TPSA) is 49.7 Å². The molecule has 0 spiro atoms. The second kappa shape index (κ2) is 4.33. The van der Waals surface area contributed by atoms with E-state index in [1.165, 1.54) is 6.08 Å². The minimum atomic E-state index is -0.845. The Morgan fingerprint density at radius 3 is 3.00 bits per heavy atom. The fourth-order valence-corrected chi connectivity index (χ4v) is 2.08. The molecule has 1 heterocycles. The van der Waals surface area contributed by atoms with Crippen LogP contribution in [0.3, 0.4) is 0 Å². The SMILES string of the molecule is OCC(O)C1CCC2CC(F)=CC=C2O1. The van der Waals surface area contributed by atoms with Crippen LogP contribution in [0.15, 0.2) is 23.7 Å².